The van der Waals surface area contributed by atoms with Gasteiger partial charge in [0.2, 0.25) is 0 Å². The number of rotatable bonds is 7. The Morgan fingerprint density at radius 2 is 1.97 bits per heavy atom. The van der Waals surface area contributed by atoms with E-state index in [1.54, 1.807) is 6.07 Å². The van der Waals surface area contributed by atoms with Crippen LogP contribution in [0.1, 0.15) is 11.1 Å². The molecule has 2 aromatic rings. The fraction of sp³-hybridized carbons (Fsp3) is 0.150. The van der Waals surface area contributed by atoms with Crippen LogP contribution in [0, 0.1) is 0 Å². The van der Waals surface area contributed by atoms with Crippen LogP contribution in [0.5, 0.6) is 11.5 Å². The third-order valence-corrected chi connectivity index (χ3v) is 5.73. The molecule has 156 valence electrons. The molecule has 10 heteroatoms. The van der Waals surface area contributed by atoms with Crippen LogP contribution in [-0.4, -0.2) is 40.8 Å². The third kappa shape index (κ3) is 5.16. The number of hydrogen-bond donors (Lipinski definition) is 1. The van der Waals surface area contributed by atoms with Crippen LogP contribution in [0.4, 0.5) is 4.79 Å². The Morgan fingerprint density at radius 3 is 2.60 bits per heavy atom. The minimum Gasteiger partial charge on any atom is -0.493 e. The summed E-state index contributed by atoms with van der Waals surface area (Å²) in [5, 5.41) is 8.53. The molecule has 1 N–H and O–H groups in total. The minimum absolute atomic E-state index is 0.0852. The fourth-order valence-electron chi connectivity index (χ4n) is 2.66. The number of benzene rings is 2. The van der Waals surface area contributed by atoms with Crippen LogP contribution < -0.4 is 9.47 Å². The van der Waals surface area contributed by atoms with E-state index in [4.69, 9.17) is 26.2 Å². The predicted molar refractivity (Wildman–Crippen MR) is 117 cm³/mol. The van der Waals surface area contributed by atoms with Gasteiger partial charge in [-0.1, -0.05) is 39.7 Å². The van der Waals surface area contributed by atoms with E-state index in [1.165, 1.54) is 24.2 Å². The highest BCUT2D eigenvalue weighted by Gasteiger charge is 2.35. The van der Waals surface area contributed by atoms with E-state index in [-0.39, 0.29) is 33.2 Å². The van der Waals surface area contributed by atoms with Gasteiger partial charge in [-0.3, -0.25) is 14.5 Å². The molecule has 1 aliphatic rings. The first-order chi connectivity index (χ1) is 14.3. The zero-order chi connectivity index (χ0) is 21.8. The first-order valence-corrected chi connectivity index (χ1v) is 10.5. The highest BCUT2D eigenvalue weighted by Crippen LogP contribution is 2.39. The van der Waals surface area contributed by atoms with Crippen molar-refractivity contribution in [3.05, 3.63) is 61.9 Å². The second kappa shape index (κ2) is 9.55. The summed E-state index contributed by atoms with van der Waals surface area (Å²) in [6, 6.07) is 10.4. The van der Waals surface area contributed by atoms with Gasteiger partial charge in [0.15, 0.2) is 18.1 Å². The standard InChI is InChI=1S/C20H15BrClNO6S/c1-28-15-7-12(6-14(22)18(15)29-10-17(24)25)8-16-19(26)23(20(27)30-16)9-11-2-4-13(21)5-3-11/h2-8H,9-10H2,1H3,(H,24,25)/b16-8-. The Balaban J connectivity index is 1.83. The smallest absolute Gasteiger partial charge is 0.341 e. The van der Waals surface area contributed by atoms with Gasteiger partial charge in [-0.05, 0) is 53.2 Å². The molecule has 1 saturated heterocycles. The average molecular weight is 513 g/mol. The number of carboxylic acids is 1. The van der Waals surface area contributed by atoms with Crippen molar-refractivity contribution in [2.24, 2.45) is 0 Å². The molecule has 0 radical (unpaired) electrons. The molecule has 2 amide bonds. The number of methoxy groups -OCH3 is 1. The second-order valence-electron chi connectivity index (χ2n) is 6.11. The number of halogens is 2. The van der Waals surface area contributed by atoms with Crippen molar-refractivity contribution in [3.63, 3.8) is 0 Å². The third-order valence-electron chi connectivity index (χ3n) is 4.02. The number of carbonyl (C=O) groups excluding carboxylic acids is 2. The first kappa shape index (κ1) is 22.2. The van der Waals surface area contributed by atoms with Gasteiger partial charge in [-0.25, -0.2) is 4.79 Å². The molecule has 0 unspecified atom stereocenters. The number of carboxylic acid groups (broad SMARTS) is 1. The van der Waals surface area contributed by atoms with Crippen molar-refractivity contribution in [1.29, 1.82) is 0 Å². The lowest BCUT2D eigenvalue weighted by atomic mass is 10.1. The maximum atomic E-state index is 12.7. The quantitative estimate of drug-likeness (QED) is 0.532. The largest absolute Gasteiger partial charge is 0.493 e. The molecule has 7 nitrogen and oxygen atoms in total. The minimum atomic E-state index is -1.16. The Kier molecular flexibility index (Phi) is 7.06. The summed E-state index contributed by atoms with van der Waals surface area (Å²) in [7, 11) is 1.38. The maximum absolute atomic E-state index is 12.7. The Hall–Kier alpha value is -2.49. The molecular weight excluding hydrogens is 498 g/mol. The van der Waals surface area contributed by atoms with Crippen LogP contribution in [0.2, 0.25) is 5.02 Å². The number of nitrogens with zero attached hydrogens (tertiary/aromatic N) is 1. The molecule has 3 rings (SSSR count). The number of hydrogen-bond acceptors (Lipinski definition) is 6. The van der Waals surface area contributed by atoms with Crippen LogP contribution in [0.15, 0.2) is 45.8 Å². The number of carbonyl (C=O) groups is 3. The van der Waals surface area contributed by atoms with E-state index in [0.717, 1.165) is 21.8 Å². The lowest BCUT2D eigenvalue weighted by Crippen LogP contribution is -2.27. The first-order valence-electron chi connectivity index (χ1n) is 8.50. The molecule has 0 spiro atoms. The number of ether oxygens (including phenoxy) is 2. The van der Waals surface area contributed by atoms with Gasteiger partial charge in [0.25, 0.3) is 11.1 Å². The molecular formula is C20H15BrClNO6S. The lowest BCUT2D eigenvalue weighted by molar-refractivity contribution is -0.139. The predicted octanol–water partition coefficient (Wildman–Crippen LogP) is 4.81. The van der Waals surface area contributed by atoms with E-state index in [2.05, 4.69) is 15.9 Å². The number of thioether (sulfide) groups is 1. The molecule has 2 aromatic carbocycles. The Morgan fingerprint density at radius 1 is 1.27 bits per heavy atom. The van der Waals surface area contributed by atoms with Crippen LogP contribution in [-0.2, 0) is 16.1 Å². The maximum Gasteiger partial charge on any atom is 0.341 e. The molecule has 0 bridgehead atoms. The molecule has 1 aliphatic heterocycles. The fourth-order valence-corrected chi connectivity index (χ4v) is 4.03. The topological polar surface area (TPSA) is 93.1 Å². The molecule has 0 aromatic heterocycles. The van der Waals surface area contributed by atoms with Gasteiger partial charge >= 0.3 is 5.97 Å². The molecule has 1 heterocycles. The van der Waals surface area contributed by atoms with Gasteiger partial charge in [0.05, 0.1) is 23.6 Å². The van der Waals surface area contributed by atoms with Gasteiger partial charge in [-0.15, -0.1) is 0 Å². The summed E-state index contributed by atoms with van der Waals surface area (Å²) in [6.45, 7) is -0.411. The molecule has 0 atom stereocenters. The Bertz CT molecular complexity index is 1040. The van der Waals surface area contributed by atoms with E-state index in [9.17, 15) is 14.4 Å². The Labute approximate surface area is 189 Å². The number of amides is 2. The molecule has 30 heavy (non-hydrogen) atoms. The highest BCUT2D eigenvalue weighted by atomic mass is 79.9. The van der Waals surface area contributed by atoms with Gasteiger partial charge in [0, 0.05) is 4.47 Å². The summed E-state index contributed by atoms with van der Waals surface area (Å²) >= 11 is 10.4. The number of aliphatic carboxylic acids is 1. The number of imide groups is 1. The van der Waals surface area contributed by atoms with Crippen molar-refractivity contribution in [2.75, 3.05) is 13.7 Å². The van der Waals surface area contributed by atoms with Crippen LogP contribution in [0.25, 0.3) is 6.08 Å². The summed E-state index contributed by atoms with van der Waals surface area (Å²) in [5.74, 6) is -1.27. The van der Waals surface area contributed by atoms with Crippen LogP contribution >= 0.6 is 39.3 Å². The molecule has 0 aliphatic carbocycles. The van der Waals surface area contributed by atoms with Gasteiger partial charge in [0.1, 0.15) is 0 Å². The van der Waals surface area contributed by atoms with Crippen molar-refractivity contribution >= 4 is 62.5 Å². The monoisotopic (exact) mass is 511 g/mol. The molecule has 0 saturated carbocycles. The summed E-state index contributed by atoms with van der Waals surface area (Å²) in [4.78, 5) is 37.2. The second-order valence-corrected chi connectivity index (χ2v) is 8.43. The average Bonchev–Trinajstić information content (AvgIpc) is 2.95. The van der Waals surface area contributed by atoms with Crippen molar-refractivity contribution < 1.29 is 29.0 Å². The van der Waals surface area contributed by atoms with Crippen molar-refractivity contribution in [3.8, 4) is 11.5 Å². The van der Waals surface area contributed by atoms with E-state index < -0.39 is 18.5 Å². The summed E-state index contributed by atoms with van der Waals surface area (Å²) < 4.78 is 11.3. The SMILES string of the molecule is COc1cc(/C=C2\SC(=O)N(Cc3ccc(Br)cc3)C2=O)cc(Cl)c1OCC(=O)O. The van der Waals surface area contributed by atoms with E-state index in [1.807, 2.05) is 24.3 Å². The lowest BCUT2D eigenvalue weighted by Gasteiger charge is -2.13. The van der Waals surface area contributed by atoms with Crippen molar-refractivity contribution in [2.45, 2.75) is 6.54 Å². The molecule has 1 fully saturated rings. The van der Waals surface area contributed by atoms with E-state index in [0.29, 0.717) is 5.56 Å². The normalized spacial score (nSPS) is 15.0. The van der Waals surface area contributed by atoms with Crippen LogP contribution in [0.3, 0.4) is 0 Å². The summed E-state index contributed by atoms with van der Waals surface area (Å²) in [6.07, 6.45) is 1.53. The summed E-state index contributed by atoms with van der Waals surface area (Å²) in [5.41, 5.74) is 1.33. The van der Waals surface area contributed by atoms with E-state index >= 15 is 0 Å². The zero-order valence-electron chi connectivity index (χ0n) is 15.6. The van der Waals surface area contributed by atoms with Crippen molar-refractivity contribution in [1.82, 2.24) is 4.90 Å². The zero-order valence-corrected chi connectivity index (χ0v) is 18.7. The van der Waals surface area contributed by atoms with Gasteiger partial charge in [-0.2, -0.15) is 0 Å². The van der Waals surface area contributed by atoms with Gasteiger partial charge < -0.3 is 14.6 Å². The highest BCUT2D eigenvalue weighted by molar-refractivity contribution is 9.10.